The first-order valence-electron chi connectivity index (χ1n) is 11.0. The molecule has 2 aliphatic rings. The van der Waals surface area contributed by atoms with Gasteiger partial charge in [-0.15, -0.1) is 0 Å². The van der Waals surface area contributed by atoms with Gasteiger partial charge in [-0.05, 0) is 50.4 Å². The summed E-state index contributed by atoms with van der Waals surface area (Å²) in [5.41, 5.74) is 0.854. The van der Waals surface area contributed by atoms with Crippen molar-refractivity contribution in [2.24, 2.45) is 22.7 Å². The van der Waals surface area contributed by atoms with Gasteiger partial charge >= 0.3 is 0 Å². The van der Waals surface area contributed by atoms with Gasteiger partial charge in [-0.25, -0.2) is 0 Å². The lowest BCUT2D eigenvalue weighted by Crippen LogP contribution is -2.37. The highest BCUT2D eigenvalue weighted by molar-refractivity contribution is 6.43. The zero-order valence-corrected chi connectivity index (χ0v) is 20.0. The molecule has 4 atom stereocenters. The van der Waals surface area contributed by atoms with E-state index in [2.05, 4.69) is 90.4 Å². The van der Waals surface area contributed by atoms with Gasteiger partial charge in [0, 0.05) is 5.41 Å². The topological polar surface area (TPSA) is 9.23 Å². The lowest BCUT2D eigenvalue weighted by molar-refractivity contribution is -0.0823. The minimum Gasteiger partial charge on any atom is -0.368 e. The van der Waals surface area contributed by atoms with Gasteiger partial charge < -0.3 is 4.74 Å². The first-order chi connectivity index (χ1) is 11.4. The highest BCUT2D eigenvalue weighted by Gasteiger charge is 2.95. The Balaban J connectivity index is 2.14. The van der Waals surface area contributed by atoms with E-state index < -0.39 is 0 Å². The molecule has 0 amide bonds. The molecule has 0 heterocycles. The second kappa shape index (κ2) is 6.26. The summed E-state index contributed by atoms with van der Waals surface area (Å²) in [7, 11) is 2.56. The molecular formula is C24H46BO. The minimum atomic E-state index is -0.0781. The van der Waals surface area contributed by atoms with Gasteiger partial charge in [-0.2, -0.15) is 0 Å². The van der Waals surface area contributed by atoms with Crippen LogP contribution in [-0.2, 0) is 4.74 Å². The van der Waals surface area contributed by atoms with Gasteiger partial charge in [0.15, 0.2) is 0 Å². The normalized spacial score (nSPS) is 33.7. The van der Waals surface area contributed by atoms with Crippen molar-refractivity contribution >= 4 is 7.28 Å². The Kier molecular flexibility index (Phi) is 5.38. The Morgan fingerprint density at radius 1 is 1.00 bits per heavy atom. The maximum Gasteiger partial charge on any atom is 0.125 e. The third-order valence-electron chi connectivity index (χ3n) is 7.17. The van der Waals surface area contributed by atoms with E-state index >= 15 is 0 Å². The van der Waals surface area contributed by atoms with Gasteiger partial charge in [-0.3, -0.25) is 0 Å². The van der Waals surface area contributed by atoms with Crippen molar-refractivity contribution in [1.82, 2.24) is 0 Å². The minimum absolute atomic E-state index is 0.0781. The third kappa shape index (κ3) is 3.92. The molecule has 2 rings (SSSR count). The summed E-state index contributed by atoms with van der Waals surface area (Å²) in [5, 5.41) is 0.466. The Labute approximate surface area is 165 Å². The van der Waals surface area contributed by atoms with Crippen LogP contribution in [0.1, 0.15) is 109 Å². The molecule has 0 aliphatic heterocycles. The molecule has 2 fully saturated rings. The van der Waals surface area contributed by atoms with Gasteiger partial charge in [0.05, 0.1) is 11.2 Å². The maximum absolute atomic E-state index is 7.05. The Morgan fingerprint density at radius 3 is 1.92 bits per heavy atom. The van der Waals surface area contributed by atoms with Crippen molar-refractivity contribution in [2.45, 2.75) is 131 Å². The summed E-state index contributed by atoms with van der Waals surface area (Å²) in [5.74, 6) is 1.51. The van der Waals surface area contributed by atoms with Crippen molar-refractivity contribution in [3.63, 3.8) is 0 Å². The van der Waals surface area contributed by atoms with Crippen LogP contribution < -0.4 is 0 Å². The second-order valence-electron chi connectivity index (χ2n) is 13.0. The fourth-order valence-corrected chi connectivity index (χ4v) is 6.45. The molecule has 0 aromatic carbocycles. The Morgan fingerprint density at radius 2 is 1.54 bits per heavy atom. The molecule has 151 valence electrons. The molecule has 4 unspecified atom stereocenters. The predicted molar refractivity (Wildman–Crippen MR) is 116 cm³/mol. The lowest BCUT2D eigenvalue weighted by Gasteiger charge is -2.41. The molecule has 0 bridgehead atoms. The van der Waals surface area contributed by atoms with Crippen LogP contribution in [0, 0.1) is 22.7 Å². The second-order valence-corrected chi connectivity index (χ2v) is 13.0. The van der Waals surface area contributed by atoms with E-state index in [4.69, 9.17) is 4.74 Å². The fourth-order valence-electron chi connectivity index (χ4n) is 6.45. The van der Waals surface area contributed by atoms with Gasteiger partial charge in [0.25, 0.3) is 0 Å². The highest BCUT2D eigenvalue weighted by Crippen LogP contribution is 2.92. The third-order valence-corrected chi connectivity index (χ3v) is 7.17. The predicted octanol–water partition coefficient (Wildman–Crippen LogP) is 7.53. The summed E-state index contributed by atoms with van der Waals surface area (Å²) in [6, 6.07) is 0. The summed E-state index contributed by atoms with van der Waals surface area (Å²) in [6.45, 7) is 28.4. The summed E-state index contributed by atoms with van der Waals surface area (Å²) in [4.78, 5) is 0. The van der Waals surface area contributed by atoms with E-state index in [0.29, 0.717) is 10.8 Å². The van der Waals surface area contributed by atoms with Crippen molar-refractivity contribution in [2.75, 3.05) is 0 Å². The summed E-state index contributed by atoms with van der Waals surface area (Å²) in [6.07, 6.45) is 4.86. The molecule has 26 heavy (non-hydrogen) atoms. The Bertz CT molecular complexity index is 523. The van der Waals surface area contributed by atoms with E-state index in [9.17, 15) is 0 Å². The number of hydrogen-bond donors (Lipinski definition) is 0. The van der Waals surface area contributed by atoms with Gasteiger partial charge in [0.2, 0.25) is 0 Å². The summed E-state index contributed by atoms with van der Waals surface area (Å²) < 4.78 is 7.05. The smallest absolute Gasteiger partial charge is 0.125 e. The quantitative estimate of drug-likeness (QED) is 0.406. The van der Waals surface area contributed by atoms with E-state index in [0.717, 1.165) is 18.3 Å². The van der Waals surface area contributed by atoms with Crippen molar-refractivity contribution < 1.29 is 4.74 Å². The SMILES string of the molecule is CCC(C)([B]C(C)(C)C)CC(C)(C)OC12CC1(C(C)(C)C)C2CC(C)C. The van der Waals surface area contributed by atoms with E-state index in [1.54, 1.807) is 0 Å². The zero-order chi connectivity index (χ0) is 20.4. The molecule has 0 aromatic rings. The number of ether oxygens (including phenoxy) is 1. The molecule has 0 spiro atoms. The molecular weight excluding hydrogens is 315 g/mol. The Hall–Kier alpha value is 0.0249. The van der Waals surface area contributed by atoms with E-state index in [1.807, 2.05) is 0 Å². The van der Waals surface area contributed by atoms with E-state index in [1.165, 1.54) is 19.3 Å². The van der Waals surface area contributed by atoms with Crippen LogP contribution in [0.3, 0.4) is 0 Å². The molecule has 2 aliphatic carbocycles. The first kappa shape index (κ1) is 22.3. The van der Waals surface area contributed by atoms with Gasteiger partial charge in [-0.1, -0.05) is 86.3 Å². The molecule has 1 radical (unpaired) electrons. The molecule has 0 saturated heterocycles. The first-order valence-corrected chi connectivity index (χ1v) is 11.0. The fraction of sp³-hybridized carbons (Fsp3) is 1.00. The standard InChI is InChI=1S/C24H46BO/c1-13-22(12,25-20(7,8)9)15-21(10,11)26-24-16-23(24,19(4,5)6)18(24)14-17(2)3/h17-18H,13-16H2,1-12H3. The van der Waals surface area contributed by atoms with Crippen LogP contribution in [0.2, 0.25) is 10.6 Å². The molecule has 2 heteroatoms. The van der Waals surface area contributed by atoms with Crippen molar-refractivity contribution in [1.29, 1.82) is 0 Å². The van der Waals surface area contributed by atoms with Crippen LogP contribution >= 0.6 is 0 Å². The van der Waals surface area contributed by atoms with Crippen LogP contribution in [0.15, 0.2) is 0 Å². The lowest BCUT2D eigenvalue weighted by atomic mass is 9.38. The van der Waals surface area contributed by atoms with Crippen LogP contribution in [0.4, 0.5) is 0 Å². The van der Waals surface area contributed by atoms with E-state index in [-0.39, 0.29) is 21.8 Å². The molecule has 0 N–H and O–H groups in total. The zero-order valence-electron chi connectivity index (χ0n) is 20.0. The van der Waals surface area contributed by atoms with Gasteiger partial charge in [0.1, 0.15) is 7.28 Å². The van der Waals surface area contributed by atoms with Crippen LogP contribution in [0.25, 0.3) is 0 Å². The average molecular weight is 361 g/mol. The molecule has 1 nitrogen and oxygen atoms in total. The maximum atomic E-state index is 7.05. The van der Waals surface area contributed by atoms with Crippen LogP contribution in [0.5, 0.6) is 0 Å². The highest BCUT2D eigenvalue weighted by atomic mass is 16.5. The van der Waals surface area contributed by atoms with Crippen molar-refractivity contribution in [3.8, 4) is 0 Å². The average Bonchev–Trinajstić information content (AvgIpc) is 3.17. The number of fused-ring (bicyclic) bond motifs is 1. The molecule has 0 aromatic heterocycles. The monoisotopic (exact) mass is 361 g/mol. The largest absolute Gasteiger partial charge is 0.368 e. The number of hydrogen-bond acceptors (Lipinski definition) is 1. The number of rotatable bonds is 8. The van der Waals surface area contributed by atoms with Crippen LogP contribution in [-0.4, -0.2) is 18.5 Å². The summed E-state index contributed by atoms with van der Waals surface area (Å²) >= 11 is 0. The molecule has 2 saturated carbocycles. The van der Waals surface area contributed by atoms with Crippen molar-refractivity contribution in [3.05, 3.63) is 0 Å².